The van der Waals surface area contributed by atoms with Gasteiger partial charge in [-0.25, -0.2) is 9.37 Å². The van der Waals surface area contributed by atoms with Crippen molar-refractivity contribution >= 4 is 59.9 Å². The maximum Gasteiger partial charge on any atom is 0.258 e. The fourth-order valence-electron chi connectivity index (χ4n) is 1.22. The van der Waals surface area contributed by atoms with E-state index in [1.807, 2.05) is 0 Å². The number of hydrogen-bond acceptors (Lipinski definition) is 4. The highest BCUT2D eigenvalue weighted by atomic mass is 79.9. The number of nitrogens with zero attached hydrogens (tertiary/aromatic N) is 1. The van der Waals surface area contributed by atoms with Crippen LogP contribution in [0.5, 0.6) is 0 Å². The van der Waals surface area contributed by atoms with E-state index in [0.717, 1.165) is 9.85 Å². The van der Waals surface area contributed by atoms with Gasteiger partial charge in [0.2, 0.25) is 0 Å². The molecule has 0 atom stereocenters. The van der Waals surface area contributed by atoms with Gasteiger partial charge in [-0.1, -0.05) is 11.3 Å². The minimum absolute atomic E-state index is 0.0799. The van der Waals surface area contributed by atoms with Gasteiger partial charge in [0.1, 0.15) is 5.82 Å². The summed E-state index contributed by atoms with van der Waals surface area (Å²) in [6.45, 7) is 0. The summed E-state index contributed by atoms with van der Waals surface area (Å²) < 4.78 is 14.3. The van der Waals surface area contributed by atoms with Crippen LogP contribution in [0.3, 0.4) is 0 Å². The van der Waals surface area contributed by atoms with Crippen LogP contribution in [0.25, 0.3) is 0 Å². The summed E-state index contributed by atoms with van der Waals surface area (Å²) >= 11 is 7.63. The average Bonchev–Trinajstić information content (AvgIpc) is 2.69. The third kappa shape index (κ3) is 2.88. The second-order valence-electron chi connectivity index (χ2n) is 3.28. The van der Waals surface area contributed by atoms with Gasteiger partial charge in [-0.15, -0.1) is 0 Å². The summed E-state index contributed by atoms with van der Waals surface area (Å²) in [7, 11) is 0. The molecule has 0 saturated heterocycles. The molecule has 0 aliphatic heterocycles. The number of carbonyl (C=O) groups excluding carboxylic acids is 1. The number of nitrogens with one attached hydrogen (secondary N) is 1. The smallest absolute Gasteiger partial charge is 0.258 e. The van der Waals surface area contributed by atoms with E-state index in [1.54, 1.807) is 6.20 Å². The van der Waals surface area contributed by atoms with Crippen LogP contribution in [0.1, 0.15) is 10.4 Å². The van der Waals surface area contributed by atoms with Gasteiger partial charge in [0, 0.05) is 4.47 Å². The Morgan fingerprint density at radius 1 is 1.44 bits per heavy atom. The largest absolute Gasteiger partial charge is 0.396 e. The minimum atomic E-state index is -0.574. The molecule has 4 nitrogen and oxygen atoms in total. The molecule has 0 spiro atoms. The molecule has 1 heterocycles. The van der Waals surface area contributed by atoms with E-state index in [2.05, 4.69) is 42.2 Å². The van der Waals surface area contributed by atoms with E-state index in [4.69, 9.17) is 5.73 Å². The molecule has 0 aliphatic carbocycles. The number of aromatic nitrogens is 1. The van der Waals surface area contributed by atoms with Crippen molar-refractivity contribution in [2.75, 3.05) is 11.1 Å². The fourth-order valence-corrected chi connectivity index (χ4v) is 2.81. The lowest BCUT2D eigenvalue weighted by Crippen LogP contribution is -2.13. The van der Waals surface area contributed by atoms with Crippen molar-refractivity contribution in [1.82, 2.24) is 4.98 Å². The van der Waals surface area contributed by atoms with Gasteiger partial charge in [-0.05, 0) is 44.0 Å². The lowest BCUT2D eigenvalue weighted by Gasteiger charge is -2.06. The van der Waals surface area contributed by atoms with Crippen LogP contribution in [0.15, 0.2) is 26.6 Å². The number of amides is 1. The molecular weight excluding hydrogens is 389 g/mol. The van der Waals surface area contributed by atoms with Crippen LogP contribution in [0.2, 0.25) is 0 Å². The van der Waals surface area contributed by atoms with E-state index >= 15 is 0 Å². The molecule has 3 N–H and O–H groups in total. The van der Waals surface area contributed by atoms with Crippen LogP contribution in [0, 0.1) is 5.82 Å². The monoisotopic (exact) mass is 393 g/mol. The Labute approximate surface area is 123 Å². The van der Waals surface area contributed by atoms with Crippen molar-refractivity contribution in [3.8, 4) is 0 Å². The molecule has 2 rings (SSSR count). The lowest BCUT2D eigenvalue weighted by molar-refractivity contribution is 0.102. The summed E-state index contributed by atoms with van der Waals surface area (Å²) in [5, 5.41) is 3.04. The van der Waals surface area contributed by atoms with Crippen LogP contribution in [-0.4, -0.2) is 10.9 Å². The topological polar surface area (TPSA) is 68.0 Å². The van der Waals surface area contributed by atoms with Gasteiger partial charge in [0.25, 0.3) is 5.91 Å². The third-order valence-corrected chi connectivity index (χ3v) is 4.08. The standard InChI is InChI=1S/C10H6Br2FN3OS/c11-5-2-6(13)7(14)1-4(5)9(17)16-10-15-3-8(12)18-10/h1-3H,14H2,(H,15,16,17). The number of benzene rings is 1. The first-order valence-corrected chi connectivity index (χ1v) is 7.05. The molecule has 8 heteroatoms. The fraction of sp³-hybridized carbons (Fsp3) is 0. The van der Waals surface area contributed by atoms with E-state index in [0.29, 0.717) is 9.60 Å². The maximum absolute atomic E-state index is 13.1. The van der Waals surface area contributed by atoms with E-state index in [1.165, 1.54) is 17.4 Å². The second-order valence-corrected chi connectivity index (χ2v) is 6.54. The minimum Gasteiger partial charge on any atom is -0.396 e. The summed E-state index contributed by atoms with van der Waals surface area (Å²) in [5.74, 6) is -0.981. The van der Waals surface area contributed by atoms with Crippen molar-refractivity contribution in [3.05, 3.63) is 38.0 Å². The van der Waals surface area contributed by atoms with Gasteiger partial charge in [0.05, 0.1) is 21.2 Å². The van der Waals surface area contributed by atoms with Gasteiger partial charge in [-0.3, -0.25) is 10.1 Å². The van der Waals surface area contributed by atoms with Crippen LogP contribution >= 0.6 is 43.2 Å². The molecule has 0 aliphatic rings. The van der Waals surface area contributed by atoms with Crippen molar-refractivity contribution in [2.45, 2.75) is 0 Å². The molecule has 1 amide bonds. The number of nitrogen functional groups attached to an aromatic ring is 1. The second kappa shape index (κ2) is 5.33. The zero-order valence-electron chi connectivity index (χ0n) is 8.71. The molecule has 94 valence electrons. The van der Waals surface area contributed by atoms with Crippen molar-refractivity contribution in [3.63, 3.8) is 0 Å². The van der Waals surface area contributed by atoms with Crippen molar-refractivity contribution in [2.24, 2.45) is 0 Å². The third-order valence-electron chi connectivity index (χ3n) is 2.03. The van der Waals surface area contributed by atoms with Crippen LogP contribution in [0.4, 0.5) is 15.2 Å². The molecule has 18 heavy (non-hydrogen) atoms. The quantitative estimate of drug-likeness (QED) is 0.764. The highest BCUT2D eigenvalue weighted by Gasteiger charge is 2.14. The molecule has 1 aromatic carbocycles. The molecule has 0 unspecified atom stereocenters. The number of thiazole rings is 1. The number of halogens is 3. The predicted molar refractivity (Wildman–Crippen MR) is 76.3 cm³/mol. The Kier molecular flexibility index (Phi) is 3.98. The Bertz CT molecular complexity index is 617. The van der Waals surface area contributed by atoms with Crippen molar-refractivity contribution in [1.29, 1.82) is 0 Å². The maximum atomic E-state index is 13.1. The van der Waals surface area contributed by atoms with Crippen LogP contribution in [-0.2, 0) is 0 Å². The first-order valence-electron chi connectivity index (χ1n) is 4.64. The van der Waals surface area contributed by atoms with E-state index in [9.17, 15) is 9.18 Å². The molecule has 0 fully saturated rings. The van der Waals surface area contributed by atoms with Crippen LogP contribution < -0.4 is 11.1 Å². The molecule has 0 radical (unpaired) electrons. The summed E-state index contributed by atoms with van der Waals surface area (Å²) in [4.78, 5) is 15.9. The SMILES string of the molecule is Nc1cc(C(=O)Nc2ncc(Br)s2)c(Br)cc1F. The Hall–Kier alpha value is -0.990. The molecule has 0 bridgehead atoms. The zero-order valence-corrected chi connectivity index (χ0v) is 12.7. The van der Waals surface area contributed by atoms with Gasteiger partial charge in [0.15, 0.2) is 5.13 Å². The van der Waals surface area contributed by atoms with Gasteiger partial charge < -0.3 is 5.73 Å². The number of rotatable bonds is 2. The Morgan fingerprint density at radius 3 is 2.78 bits per heavy atom. The first kappa shape index (κ1) is 13.4. The summed E-state index contributed by atoms with van der Waals surface area (Å²) in [6, 6.07) is 2.43. The first-order chi connectivity index (χ1) is 8.47. The van der Waals surface area contributed by atoms with E-state index < -0.39 is 11.7 Å². The Morgan fingerprint density at radius 2 is 2.17 bits per heavy atom. The normalized spacial score (nSPS) is 10.4. The highest BCUT2D eigenvalue weighted by molar-refractivity contribution is 9.11. The average molecular weight is 395 g/mol. The van der Waals surface area contributed by atoms with Crippen molar-refractivity contribution < 1.29 is 9.18 Å². The number of nitrogens with two attached hydrogens (primary N) is 1. The van der Waals surface area contributed by atoms with Gasteiger partial charge in [-0.2, -0.15) is 0 Å². The molecule has 1 aromatic heterocycles. The summed E-state index contributed by atoms with van der Waals surface area (Å²) in [6.07, 6.45) is 1.58. The molecular formula is C10H6Br2FN3OS. The number of hydrogen-bond donors (Lipinski definition) is 2. The zero-order chi connectivity index (χ0) is 13.3. The highest BCUT2D eigenvalue weighted by Crippen LogP contribution is 2.26. The molecule has 0 saturated carbocycles. The van der Waals surface area contributed by atoms with Gasteiger partial charge >= 0.3 is 0 Å². The Balaban J connectivity index is 2.26. The number of carbonyl (C=O) groups is 1. The number of anilines is 2. The van der Waals surface area contributed by atoms with E-state index in [-0.39, 0.29) is 11.3 Å². The summed E-state index contributed by atoms with van der Waals surface area (Å²) in [5.41, 5.74) is 5.60. The lowest BCUT2D eigenvalue weighted by atomic mass is 10.2. The predicted octanol–water partition coefficient (Wildman–Crippen LogP) is 3.64. The molecule has 2 aromatic rings.